The largest absolute Gasteiger partial charge is 0.362 e. The van der Waals surface area contributed by atoms with Crippen molar-refractivity contribution in [1.82, 2.24) is 9.97 Å². The molecule has 0 fully saturated rings. The van der Waals surface area contributed by atoms with Gasteiger partial charge in [-0.1, -0.05) is 30.3 Å². The van der Waals surface area contributed by atoms with Gasteiger partial charge in [-0.05, 0) is 5.56 Å². The predicted octanol–water partition coefficient (Wildman–Crippen LogP) is 3.42. The first-order valence-electron chi connectivity index (χ1n) is 5.72. The Balaban J connectivity index is 2.31. The third-order valence-electron chi connectivity index (χ3n) is 2.86. The molecule has 2 heterocycles. The maximum absolute atomic E-state index is 4.39. The Kier molecular flexibility index (Phi) is 2.72. The molecule has 0 bridgehead atoms. The van der Waals surface area contributed by atoms with Gasteiger partial charge < -0.3 is 4.90 Å². The summed E-state index contributed by atoms with van der Waals surface area (Å²) in [4.78, 5) is 11.8. The second kappa shape index (κ2) is 4.38. The first kappa shape index (κ1) is 11.2. The van der Waals surface area contributed by atoms with Crippen LogP contribution < -0.4 is 4.90 Å². The number of anilines is 1. The molecule has 18 heavy (non-hydrogen) atoms. The molecule has 3 rings (SSSR count). The Morgan fingerprint density at radius 3 is 2.56 bits per heavy atom. The molecule has 0 unspecified atom stereocenters. The van der Waals surface area contributed by atoms with Crippen LogP contribution in [0.15, 0.2) is 42.0 Å². The zero-order valence-corrected chi connectivity index (χ0v) is 11.1. The van der Waals surface area contributed by atoms with Crippen molar-refractivity contribution in [1.29, 1.82) is 0 Å². The maximum Gasteiger partial charge on any atom is 0.140 e. The summed E-state index contributed by atoms with van der Waals surface area (Å²) in [5.41, 5.74) is 2.42. The number of aromatic nitrogens is 2. The zero-order valence-electron chi connectivity index (χ0n) is 10.3. The molecule has 0 aliphatic heterocycles. The number of nitrogens with zero attached hydrogens (tertiary/aromatic N) is 3. The Morgan fingerprint density at radius 2 is 1.83 bits per heavy atom. The van der Waals surface area contributed by atoms with E-state index in [1.165, 1.54) is 11.1 Å². The molecular weight excluding hydrogens is 242 g/mol. The van der Waals surface area contributed by atoms with Crippen LogP contribution >= 0.6 is 11.3 Å². The van der Waals surface area contributed by atoms with Gasteiger partial charge in [0.05, 0.1) is 5.39 Å². The highest BCUT2D eigenvalue weighted by atomic mass is 32.1. The van der Waals surface area contributed by atoms with E-state index in [1.807, 2.05) is 25.1 Å². The van der Waals surface area contributed by atoms with E-state index in [4.69, 9.17) is 0 Å². The van der Waals surface area contributed by atoms with Gasteiger partial charge in [-0.15, -0.1) is 11.3 Å². The van der Waals surface area contributed by atoms with E-state index >= 15 is 0 Å². The van der Waals surface area contributed by atoms with Crippen molar-refractivity contribution >= 4 is 27.4 Å². The average molecular weight is 255 g/mol. The number of benzene rings is 1. The van der Waals surface area contributed by atoms with Crippen LogP contribution in [-0.2, 0) is 0 Å². The Labute approximate surface area is 110 Å². The van der Waals surface area contributed by atoms with Gasteiger partial charge in [0.15, 0.2) is 0 Å². The quantitative estimate of drug-likeness (QED) is 0.702. The van der Waals surface area contributed by atoms with Gasteiger partial charge in [-0.3, -0.25) is 0 Å². The van der Waals surface area contributed by atoms with Crippen LogP contribution in [0.2, 0.25) is 0 Å². The highest BCUT2D eigenvalue weighted by Gasteiger charge is 2.13. The molecule has 2 aromatic heterocycles. The lowest BCUT2D eigenvalue weighted by atomic mass is 10.1. The van der Waals surface area contributed by atoms with Crippen molar-refractivity contribution in [3.8, 4) is 11.1 Å². The van der Waals surface area contributed by atoms with Gasteiger partial charge in [-0.2, -0.15) is 0 Å². The highest BCUT2D eigenvalue weighted by molar-refractivity contribution is 7.17. The molecule has 1 aromatic carbocycles. The van der Waals surface area contributed by atoms with E-state index in [0.29, 0.717) is 0 Å². The van der Waals surface area contributed by atoms with E-state index in [1.54, 1.807) is 17.7 Å². The molecule has 3 aromatic rings. The minimum absolute atomic E-state index is 0.972. The molecule has 0 atom stereocenters. The number of rotatable bonds is 2. The van der Waals surface area contributed by atoms with Gasteiger partial charge >= 0.3 is 0 Å². The molecule has 0 amide bonds. The van der Waals surface area contributed by atoms with Gasteiger partial charge in [0.25, 0.3) is 0 Å². The average Bonchev–Trinajstić information content (AvgIpc) is 2.83. The van der Waals surface area contributed by atoms with Crippen LogP contribution in [0.3, 0.4) is 0 Å². The van der Waals surface area contributed by atoms with Gasteiger partial charge in [-0.25, -0.2) is 9.97 Å². The zero-order chi connectivity index (χ0) is 12.5. The molecule has 0 saturated heterocycles. The summed E-state index contributed by atoms with van der Waals surface area (Å²) in [5.74, 6) is 0.972. The van der Waals surface area contributed by atoms with Gasteiger partial charge in [0, 0.05) is 25.0 Å². The molecule has 0 N–H and O–H groups in total. The Hall–Kier alpha value is -1.94. The maximum atomic E-state index is 4.39. The van der Waals surface area contributed by atoms with E-state index in [9.17, 15) is 0 Å². The molecule has 4 heteroatoms. The smallest absolute Gasteiger partial charge is 0.140 e. The fourth-order valence-electron chi connectivity index (χ4n) is 2.03. The van der Waals surface area contributed by atoms with Crippen LogP contribution in [0.4, 0.5) is 5.82 Å². The monoisotopic (exact) mass is 255 g/mol. The number of hydrogen-bond donors (Lipinski definition) is 0. The summed E-state index contributed by atoms with van der Waals surface area (Å²) in [5, 5.41) is 3.29. The summed E-state index contributed by atoms with van der Waals surface area (Å²) in [7, 11) is 4.02. The molecule has 0 spiro atoms. The predicted molar refractivity (Wildman–Crippen MR) is 77.2 cm³/mol. The molecule has 0 saturated carbocycles. The molecule has 3 nitrogen and oxygen atoms in total. The minimum Gasteiger partial charge on any atom is -0.362 e. The fraction of sp³-hybridized carbons (Fsp3) is 0.143. The van der Waals surface area contributed by atoms with E-state index in [0.717, 1.165) is 16.0 Å². The highest BCUT2D eigenvalue weighted by Crippen LogP contribution is 2.36. The van der Waals surface area contributed by atoms with Crippen molar-refractivity contribution in [2.75, 3.05) is 19.0 Å². The fourth-order valence-corrected chi connectivity index (χ4v) is 2.94. The van der Waals surface area contributed by atoms with Crippen molar-refractivity contribution < 1.29 is 0 Å². The lowest BCUT2D eigenvalue weighted by Gasteiger charge is -2.13. The van der Waals surface area contributed by atoms with Gasteiger partial charge in [0.1, 0.15) is 17.0 Å². The number of hydrogen-bond acceptors (Lipinski definition) is 4. The number of fused-ring (bicyclic) bond motifs is 1. The number of thiophene rings is 1. The van der Waals surface area contributed by atoms with Crippen molar-refractivity contribution in [3.05, 3.63) is 42.0 Å². The lowest BCUT2D eigenvalue weighted by molar-refractivity contribution is 1.06. The normalized spacial score (nSPS) is 10.8. The van der Waals surface area contributed by atoms with Crippen molar-refractivity contribution in [3.63, 3.8) is 0 Å². The first-order valence-corrected chi connectivity index (χ1v) is 6.60. The Bertz CT molecular complexity index is 674. The minimum atomic E-state index is 0.972. The summed E-state index contributed by atoms with van der Waals surface area (Å²) in [6, 6.07) is 10.4. The second-order valence-electron chi connectivity index (χ2n) is 4.29. The van der Waals surface area contributed by atoms with E-state index < -0.39 is 0 Å². The SMILES string of the molecule is CN(C)c1ncnc2scc(-c3ccccc3)c12. The standard InChI is InChI=1S/C14H13N3S/c1-17(2)13-12-11(10-6-4-3-5-7-10)8-18-14(12)16-9-15-13/h3-9H,1-2H3. The lowest BCUT2D eigenvalue weighted by Crippen LogP contribution is -2.11. The van der Waals surface area contributed by atoms with Crippen molar-refractivity contribution in [2.24, 2.45) is 0 Å². The van der Waals surface area contributed by atoms with Crippen LogP contribution in [0, 0.1) is 0 Å². The molecular formula is C14H13N3S. The third-order valence-corrected chi connectivity index (χ3v) is 3.74. The molecule has 90 valence electrons. The topological polar surface area (TPSA) is 29.0 Å². The van der Waals surface area contributed by atoms with Gasteiger partial charge in [0.2, 0.25) is 0 Å². The summed E-state index contributed by atoms with van der Waals surface area (Å²) >= 11 is 1.66. The first-order chi connectivity index (χ1) is 8.77. The van der Waals surface area contributed by atoms with E-state index in [2.05, 4.69) is 39.6 Å². The molecule has 0 aliphatic rings. The van der Waals surface area contributed by atoms with Crippen LogP contribution in [0.25, 0.3) is 21.3 Å². The molecule has 0 aliphatic carbocycles. The van der Waals surface area contributed by atoms with Crippen LogP contribution in [0.1, 0.15) is 0 Å². The second-order valence-corrected chi connectivity index (χ2v) is 5.15. The van der Waals surface area contributed by atoms with Crippen molar-refractivity contribution in [2.45, 2.75) is 0 Å². The summed E-state index contributed by atoms with van der Waals surface area (Å²) in [6.07, 6.45) is 1.63. The van der Waals surface area contributed by atoms with E-state index in [-0.39, 0.29) is 0 Å². The third kappa shape index (κ3) is 1.75. The Morgan fingerprint density at radius 1 is 1.06 bits per heavy atom. The summed E-state index contributed by atoms with van der Waals surface area (Å²) in [6.45, 7) is 0. The molecule has 0 radical (unpaired) electrons. The summed E-state index contributed by atoms with van der Waals surface area (Å²) < 4.78 is 0. The van der Waals surface area contributed by atoms with Crippen LogP contribution in [-0.4, -0.2) is 24.1 Å². The van der Waals surface area contributed by atoms with Crippen LogP contribution in [0.5, 0.6) is 0 Å².